The highest BCUT2D eigenvalue weighted by Crippen LogP contribution is 1.88. The number of nitrogens with zero attached hydrogens (tertiary/aromatic N) is 3. The number of unbranched alkanes of at least 4 members (excludes halogenated alkanes) is 1. The molecule has 52 valence electrons. The summed E-state index contributed by atoms with van der Waals surface area (Å²) in [5.41, 5.74) is 7.83. The van der Waals surface area contributed by atoms with E-state index in [-0.39, 0.29) is 0 Å². The van der Waals surface area contributed by atoms with E-state index in [4.69, 9.17) is 11.4 Å². The summed E-state index contributed by atoms with van der Waals surface area (Å²) in [5.74, 6) is 4.74. The Kier molecular flexibility index (Phi) is 6.61. The molecule has 5 nitrogen and oxygen atoms in total. The third-order valence-corrected chi connectivity index (χ3v) is 0.834. The topological polar surface area (TPSA) is 84.0 Å². The molecule has 5 heteroatoms. The summed E-state index contributed by atoms with van der Waals surface area (Å²) in [6.07, 6.45) is 1.68. The third kappa shape index (κ3) is 7.23. The van der Waals surface area contributed by atoms with Crippen LogP contribution in [0.2, 0.25) is 0 Å². The summed E-state index contributed by atoms with van der Waals surface area (Å²) in [7, 11) is 0. The lowest BCUT2D eigenvalue weighted by Crippen LogP contribution is -2.00. The molecule has 0 aromatic carbocycles. The second-order valence-corrected chi connectivity index (χ2v) is 1.53. The van der Waals surface area contributed by atoms with Gasteiger partial charge < -0.3 is 4.84 Å². The SMILES string of the molecule is [N-]=[N+]=NCCCCON. The van der Waals surface area contributed by atoms with Gasteiger partial charge in [-0.1, -0.05) is 5.11 Å². The fourth-order valence-corrected chi connectivity index (χ4v) is 0.413. The van der Waals surface area contributed by atoms with Crippen LogP contribution in [-0.2, 0) is 4.84 Å². The van der Waals surface area contributed by atoms with Gasteiger partial charge in [-0.05, 0) is 18.4 Å². The van der Waals surface area contributed by atoms with Crippen LogP contribution in [0.3, 0.4) is 0 Å². The van der Waals surface area contributed by atoms with E-state index in [0.29, 0.717) is 13.2 Å². The molecular weight excluding hydrogens is 120 g/mol. The van der Waals surface area contributed by atoms with E-state index in [1.165, 1.54) is 0 Å². The van der Waals surface area contributed by atoms with Crippen LogP contribution in [0.15, 0.2) is 5.11 Å². The van der Waals surface area contributed by atoms with E-state index in [1.807, 2.05) is 0 Å². The van der Waals surface area contributed by atoms with Gasteiger partial charge >= 0.3 is 0 Å². The van der Waals surface area contributed by atoms with Gasteiger partial charge in [0.2, 0.25) is 0 Å². The summed E-state index contributed by atoms with van der Waals surface area (Å²) in [6, 6.07) is 0. The first-order valence-corrected chi connectivity index (χ1v) is 2.74. The highest BCUT2D eigenvalue weighted by atomic mass is 16.6. The molecule has 0 fully saturated rings. The number of rotatable bonds is 5. The first-order valence-electron chi connectivity index (χ1n) is 2.74. The highest BCUT2D eigenvalue weighted by molar-refractivity contribution is 4.46. The van der Waals surface area contributed by atoms with E-state index < -0.39 is 0 Å². The van der Waals surface area contributed by atoms with Crippen LogP contribution < -0.4 is 5.90 Å². The lowest BCUT2D eigenvalue weighted by molar-refractivity contribution is 0.134. The molecule has 0 saturated heterocycles. The second-order valence-electron chi connectivity index (χ2n) is 1.53. The predicted molar refractivity (Wildman–Crippen MR) is 33.4 cm³/mol. The van der Waals surface area contributed by atoms with Crippen molar-refractivity contribution in [1.29, 1.82) is 0 Å². The Bertz CT molecular complexity index is 98.7. The van der Waals surface area contributed by atoms with Gasteiger partial charge in [-0.3, -0.25) is 0 Å². The Morgan fingerprint density at radius 2 is 2.33 bits per heavy atom. The first kappa shape index (κ1) is 8.23. The fraction of sp³-hybridized carbons (Fsp3) is 1.00. The molecule has 0 aromatic heterocycles. The molecule has 0 aliphatic heterocycles. The van der Waals surface area contributed by atoms with Crippen molar-refractivity contribution in [3.63, 3.8) is 0 Å². The summed E-state index contributed by atoms with van der Waals surface area (Å²) in [5, 5.41) is 3.33. The summed E-state index contributed by atoms with van der Waals surface area (Å²) >= 11 is 0. The van der Waals surface area contributed by atoms with Crippen LogP contribution in [-0.4, -0.2) is 13.2 Å². The van der Waals surface area contributed by atoms with E-state index in [1.54, 1.807) is 0 Å². The quantitative estimate of drug-likeness (QED) is 0.198. The Morgan fingerprint density at radius 1 is 1.56 bits per heavy atom. The van der Waals surface area contributed by atoms with Crippen molar-refractivity contribution in [2.24, 2.45) is 11.0 Å². The van der Waals surface area contributed by atoms with Crippen LogP contribution in [0.25, 0.3) is 10.4 Å². The lowest BCUT2D eigenvalue weighted by atomic mass is 10.3. The van der Waals surface area contributed by atoms with Crippen molar-refractivity contribution >= 4 is 0 Å². The number of hydrogen-bond acceptors (Lipinski definition) is 3. The second kappa shape index (κ2) is 7.23. The number of hydrogen-bond donors (Lipinski definition) is 1. The van der Waals surface area contributed by atoms with Gasteiger partial charge in [-0.25, -0.2) is 5.90 Å². The zero-order valence-corrected chi connectivity index (χ0v) is 5.16. The molecule has 0 bridgehead atoms. The Labute approximate surface area is 53.4 Å². The van der Waals surface area contributed by atoms with Crippen molar-refractivity contribution in [3.8, 4) is 0 Å². The first-order chi connectivity index (χ1) is 4.41. The molecule has 0 atom stereocenters. The smallest absolute Gasteiger partial charge is 0.0679 e. The normalized spacial score (nSPS) is 8.56. The zero-order chi connectivity index (χ0) is 6.95. The van der Waals surface area contributed by atoms with Gasteiger partial charge in [0, 0.05) is 11.5 Å². The molecule has 0 aliphatic carbocycles. The maximum Gasteiger partial charge on any atom is 0.0679 e. The van der Waals surface area contributed by atoms with Gasteiger partial charge in [0.05, 0.1) is 6.61 Å². The van der Waals surface area contributed by atoms with Gasteiger partial charge in [0.15, 0.2) is 0 Å². The minimum absolute atomic E-state index is 0.528. The van der Waals surface area contributed by atoms with Gasteiger partial charge in [0.1, 0.15) is 0 Å². The van der Waals surface area contributed by atoms with E-state index in [2.05, 4.69) is 14.9 Å². The molecule has 0 unspecified atom stereocenters. The Hall–Kier alpha value is -0.770. The van der Waals surface area contributed by atoms with Crippen LogP contribution in [0.4, 0.5) is 0 Å². The zero-order valence-electron chi connectivity index (χ0n) is 5.16. The van der Waals surface area contributed by atoms with Crippen molar-refractivity contribution in [3.05, 3.63) is 10.4 Å². The minimum Gasteiger partial charge on any atom is -0.305 e. The standard InChI is InChI=1S/C4H10N4O/c5-8-7-3-1-2-4-9-6/h1-4,6H2. The maximum absolute atomic E-state index is 7.83. The fourth-order valence-electron chi connectivity index (χ4n) is 0.413. The monoisotopic (exact) mass is 130 g/mol. The van der Waals surface area contributed by atoms with Gasteiger partial charge in [-0.2, -0.15) is 0 Å². The van der Waals surface area contributed by atoms with Crippen LogP contribution in [0.5, 0.6) is 0 Å². The average Bonchev–Trinajstić information content (AvgIpc) is 1.89. The molecule has 2 N–H and O–H groups in total. The Balaban J connectivity index is 2.82. The van der Waals surface area contributed by atoms with Crippen LogP contribution in [0, 0.1) is 0 Å². The molecule has 0 spiro atoms. The van der Waals surface area contributed by atoms with E-state index in [9.17, 15) is 0 Å². The van der Waals surface area contributed by atoms with Crippen molar-refractivity contribution < 1.29 is 4.84 Å². The lowest BCUT2D eigenvalue weighted by Gasteiger charge is -1.92. The largest absolute Gasteiger partial charge is 0.305 e. The summed E-state index contributed by atoms with van der Waals surface area (Å²) in [6.45, 7) is 1.06. The Morgan fingerprint density at radius 3 is 2.89 bits per heavy atom. The molecule has 0 amide bonds. The van der Waals surface area contributed by atoms with Crippen LogP contribution >= 0.6 is 0 Å². The van der Waals surface area contributed by atoms with Gasteiger partial charge in [-0.15, -0.1) is 0 Å². The van der Waals surface area contributed by atoms with Crippen molar-refractivity contribution in [2.45, 2.75) is 12.8 Å². The molecule has 0 aliphatic rings. The maximum atomic E-state index is 7.83. The van der Waals surface area contributed by atoms with Crippen LogP contribution in [0.1, 0.15) is 12.8 Å². The molecule has 0 aromatic rings. The molecule has 0 saturated carbocycles. The summed E-state index contributed by atoms with van der Waals surface area (Å²) in [4.78, 5) is 6.87. The summed E-state index contributed by atoms with van der Waals surface area (Å²) < 4.78 is 0. The number of nitrogens with two attached hydrogens (primary N) is 1. The average molecular weight is 130 g/mol. The van der Waals surface area contributed by atoms with E-state index in [0.717, 1.165) is 12.8 Å². The number of azide groups is 1. The minimum atomic E-state index is 0.528. The van der Waals surface area contributed by atoms with Crippen molar-refractivity contribution in [1.82, 2.24) is 0 Å². The van der Waals surface area contributed by atoms with Gasteiger partial charge in [0.25, 0.3) is 0 Å². The molecule has 0 heterocycles. The molecule has 9 heavy (non-hydrogen) atoms. The van der Waals surface area contributed by atoms with E-state index >= 15 is 0 Å². The highest BCUT2D eigenvalue weighted by Gasteiger charge is 1.83. The third-order valence-electron chi connectivity index (χ3n) is 0.834. The molecule has 0 radical (unpaired) electrons. The molecular formula is C4H10N4O. The molecule has 0 rings (SSSR count). The predicted octanol–water partition coefficient (Wildman–Crippen LogP) is 0.967. The van der Waals surface area contributed by atoms with Crippen molar-refractivity contribution in [2.75, 3.05) is 13.2 Å².